The van der Waals surface area contributed by atoms with E-state index in [-0.39, 0.29) is 6.10 Å². The van der Waals surface area contributed by atoms with Crippen LogP contribution >= 0.6 is 0 Å². The Kier molecular flexibility index (Phi) is 4.43. The fourth-order valence-corrected chi connectivity index (χ4v) is 1.46. The summed E-state index contributed by atoms with van der Waals surface area (Å²) in [6.07, 6.45) is 0.289. The minimum absolute atomic E-state index is 0.340. The number of hydrogen-bond donors (Lipinski definition) is 1. The highest BCUT2D eigenvalue weighted by molar-refractivity contribution is 5.43. The van der Waals surface area contributed by atoms with Crippen LogP contribution in [0, 0.1) is 0 Å². The van der Waals surface area contributed by atoms with Gasteiger partial charge in [0.1, 0.15) is 0 Å². The predicted octanol–water partition coefficient (Wildman–Crippen LogP) is 2.02. The zero-order valence-electron chi connectivity index (χ0n) is 9.49. The van der Waals surface area contributed by atoms with E-state index in [0.29, 0.717) is 13.0 Å². The highest BCUT2D eigenvalue weighted by Crippen LogP contribution is 2.28. The molecule has 0 saturated carbocycles. The number of ether oxygens (including phenoxy) is 2. The Morgan fingerprint density at radius 2 is 2.07 bits per heavy atom. The summed E-state index contributed by atoms with van der Waals surface area (Å²) in [5.74, 6) is 1.46. The first-order valence-electron chi connectivity index (χ1n) is 5.15. The molecule has 1 N–H and O–H groups in total. The maximum absolute atomic E-state index is 9.28. The first-order valence-corrected chi connectivity index (χ1v) is 5.15. The summed E-state index contributed by atoms with van der Waals surface area (Å²) >= 11 is 0. The van der Waals surface area contributed by atoms with Gasteiger partial charge in [0.2, 0.25) is 0 Å². The molecule has 0 fully saturated rings. The smallest absolute Gasteiger partial charge is 0.161 e. The number of rotatable bonds is 5. The molecule has 15 heavy (non-hydrogen) atoms. The number of methoxy groups -OCH3 is 1. The van der Waals surface area contributed by atoms with Gasteiger partial charge in [-0.2, -0.15) is 0 Å². The minimum atomic E-state index is -0.340. The molecule has 0 aliphatic rings. The van der Waals surface area contributed by atoms with Crippen molar-refractivity contribution in [2.75, 3.05) is 13.7 Å². The first-order chi connectivity index (χ1) is 7.17. The van der Waals surface area contributed by atoms with E-state index < -0.39 is 0 Å². The molecule has 0 amide bonds. The van der Waals surface area contributed by atoms with Gasteiger partial charge in [0.25, 0.3) is 0 Å². The summed E-state index contributed by atoms with van der Waals surface area (Å²) in [5.41, 5.74) is 1.05. The second kappa shape index (κ2) is 5.61. The van der Waals surface area contributed by atoms with Gasteiger partial charge in [-0.25, -0.2) is 0 Å². The lowest BCUT2D eigenvalue weighted by Crippen LogP contribution is -2.05. The molecule has 0 aromatic heterocycles. The summed E-state index contributed by atoms with van der Waals surface area (Å²) in [7, 11) is 1.62. The third-order valence-corrected chi connectivity index (χ3v) is 2.06. The highest BCUT2D eigenvalue weighted by atomic mass is 16.5. The average Bonchev–Trinajstić information content (AvgIpc) is 2.18. The van der Waals surface area contributed by atoms with Crippen LogP contribution in [0.4, 0.5) is 0 Å². The molecule has 1 atom stereocenters. The molecule has 0 heterocycles. The Morgan fingerprint density at radius 1 is 1.33 bits per heavy atom. The Balaban J connectivity index is 2.88. The second-order valence-corrected chi connectivity index (χ2v) is 3.47. The summed E-state index contributed by atoms with van der Waals surface area (Å²) in [6, 6.07) is 5.71. The summed E-state index contributed by atoms with van der Waals surface area (Å²) < 4.78 is 10.6. The molecule has 3 heteroatoms. The molecule has 0 saturated heterocycles. The summed E-state index contributed by atoms with van der Waals surface area (Å²) in [6.45, 7) is 4.31. The minimum Gasteiger partial charge on any atom is -0.493 e. The Hall–Kier alpha value is -1.22. The third-order valence-electron chi connectivity index (χ3n) is 2.06. The number of benzene rings is 1. The van der Waals surface area contributed by atoms with Crippen molar-refractivity contribution >= 4 is 0 Å². The highest BCUT2D eigenvalue weighted by Gasteiger charge is 2.06. The standard InChI is InChI=1S/C12H18O3/c1-4-15-12-8-10(7-9(2)13)5-6-11(12)14-3/h5-6,8-9,13H,4,7H2,1-3H3/t9-/m0/s1. The van der Waals surface area contributed by atoms with Crippen molar-refractivity contribution in [2.24, 2.45) is 0 Å². The maximum Gasteiger partial charge on any atom is 0.161 e. The molecular formula is C12H18O3. The topological polar surface area (TPSA) is 38.7 Å². The van der Waals surface area contributed by atoms with Gasteiger partial charge in [0, 0.05) is 0 Å². The fourth-order valence-electron chi connectivity index (χ4n) is 1.46. The van der Waals surface area contributed by atoms with Crippen LogP contribution < -0.4 is 9.47 Å². The zero-order valence-corrected chi connectivity index (χ0v) is 9.49. The lowest BCUT2D eigenvalue weighted by molar-refractivity contribution is 0.195. The molecule has 0 spiro atoms. The van der Waals surface area contributed by atoms with Gasteiger partial charge in [0.05, 0.1) is 19.8 Å². The molecule has 1 aromatic rings. The monoisotopic (exact) mass is 210 g/mol. The lowest BCUT2D eigenvalue weighted by Gasteiger charge is -2.11. The van der Waals surface area contributed by atoms with Crippen LogP contribution in [0.25, 0.3) is 0 Å². The second-order valence-electron chi connectivity index (χ2n) is 3.47. The zero-order chi connectivity index (χ0) is 11.3. The van der Waals surface area contributed by atoms with Crippen molar-refractivity contribution in [3.05, 3.63) is 23.8 Å². The number of hydrogen-bond acceptors (Lipinski definition) is 3. The van der Waals surface area contributed by atoms with E-state index in [1.54, 1.807) is 14.0 Å². The molecule has 0 aliphatic carbocycles. The van der Waals surface area contributed by atoms with Crippen molar-refractivity contribution < 1.29 is 14.6 Å². The van der Waals surface area contributed by atoms with Crippen LogP contribution in [0.1, 0.15) is 19.4 Å². The van der Waals surface area contributed by atoms with Crippen LogP contribution in [0.15, 0.2) is 18.2 Å². The number of aliphatic hydroxyl groups is 1. The third kappa shape index (κ3) is 3.44. The lowest BCUT2D eigenvalue weighted by atomic mass is 10.1. The van der Waals surface area contributed by atoms with Crippen molar-refractivity contribution in [2.45, 2.75) is 26.4 Å². The Bertz CT molecular complexity index is 308. The van der Waals surface area contributed by atoms with Crippen LogP contribution in [-0.4, -0.2) is 24.9 Å². The van der Waals surface area contributed by atoms with Gasteiger partial charge in [-0.3, -0.25) is 0 Å². The van der Waals surface area contributed by atoms with Gasteiger partial charge in [0.15, 0.2) is 11.5 Å². The van der Waals surface area contributed by atoms with Gasteiger partial charge < -0.3 is 14.6 Å². The van der Waals surface area contributed by atoms with E-state index in [1.165, 1.54) is 0 Å². The van der Waals surface area contributed by atoms with Crippen LogP contribution in [0.5, 0.6) is 11.5 Å². The van der Waals surface area contributed by atoms with Crippen LogP contribution in [0.2, 0.25) is 0 Å². The van der Waals surface area contributed by atoms with E-state index in [1.807, 2.05) is 25.1 Å². The van der Waals surface area contributed by atoms with Gasteiger partial charge in [-0.15, -0.1) is 0 Å². The summed E-state index contributed by atoms with van der Waals surface area (Å²) in [5, 5.41) is 9.28. The van der Waals surface area contributed by atoms with Crippen molar-refractivity contribution in [3.63, 3.8) is 0 Å². The van der Waals surface area contributed by atoms with Crippen LogP contribution in [-0.2, 0) is 6.42 Å². The fraction of sp³-hybridized carbons (Fsp3) is 0.500. The van der Waals surface area contributed by atoms with Gasteiger partial charge in [-0.05, 0) is 38.0 Å². The first kappa shape index (κ1) is 11.9. The van der Waals surface area contributed by atoms with E-state index in [4.69, 9.17) is 9.47 Å². The SMILES string of the molecule is CCOc1cc(C[C@H](C)O)ccc1OC. The Labute approximate surface area is 90.6 Å². The van der Waals surface area contributed by atoms with Crippen molar-refractivity contribution in [1.82, 2.24) is 0 Å². The van der Waals surface area contributed by atoms with Gasteiger partial charge in [-0.1, -0.05) is 6.07 Å². The maximum atomic E-state index is 9.28. The molecule has 0 aliphatic heterocycles. The molecule has 3 nitrogen and oxygen atoms in total. The predicted molar refractivity (Wildman–Crippen MR) is 59.5 cm³/mol. The van der Waals surface area contributed by atoms with Crippen LogP contribution in [0.3, 0.4) is 0 Å². The molecule has 1 aromatic carbocycles. The van der Waals surface area contributed by atoms with Crippen molar-refractivity contribution in [3.8, 4) is 11.5 Å². The van der Waals surface area contributed by atoms with Gasteiger partial charge >= 0.3 is 0 Å². The van der Waals surface area contributed by atoms with E-state index >= 15 is 0 Å². The molecule has 0 unspecified atom stereocenters. The molecule has 84 valence electrons. The normalized spacial score (nSPS) is 12.3. The molecule has 0 radical (unpaired) electrons. The van der Waals surface area contributed by atoms with E-state index in [2.05, 4.69) is 0 Å². The Morgan fingerprint density at radius 3 is 2.60 bits per heavy atom. The molecule has 1 rings (SSSR count). The molecule has 0 bridgehead atoms. The molecular weight excluding hydrogens is 192 g/mol. The quantitative estimate of drug-likeness (QED) is 0.808. The van der Waals surface area contributed by atoms with Crippen molar-refractivity contribution in [1.29, 1.82) is 0 Å². The van der Waals surface area contributed by atoms with E-state index in [0.717, 1.165) is 17.1 Å². The average molecular weight is 210 g/mol. The largest absolute Gasteiger partial charge is 0.493 e. The van der Waals surface area contributed by atoms with E-state index in [9.17, 15) is 5.11 Å². The number of aliphatic hydroxyl groups excluding tert-OH is 1. The summed E-state index contributed by atoms with van der Waals surface area (Å²) in [4.78, 5) is 0.